The summed E-state index contributed by atoms with van der Waals surface area (Å²) in [5.74, 6) is 0.0997. The van der Waals surface area contributed by atoms with Gasteiger partial charge >= 0.3 is 11.6 Å². The second-order valence-electron chi connectivity index (χ2n) is 5.52. The molecule has 2 heterocycles. The zero-order valence-corrected chi connectivity index (χ0v) is 16.2. The number of benzene rings is 1. The number of halogens is 1. The molecule has 1 amide bonds. The number of carbonyl (C=O) groups excluding carboxylic acids is 1. The van der Waals surface area contributed by atoms with Crippen LogP contribution in [0, 0.1) is 10.1 Å². The molecule has 0 saturated carbocycles. The van der Waals surface area contributed by atoms with Gasteiger partial charge in [0.1, 0.15) is 18.5 Å². The number of ether oxygens (including phenoxy) is 2. The Morgan fingerprint density at radius 3 is 2.68 bits per heavy atom. The third-order valence-corrected chi connectivity index (χ3v) is 4.03. The van der Waals surface area contributed by atoms with Gasteiger partial charge in [0.15, 0.2) is 6.73 Å². The molecule has 0 radical (unpaired) electrons. The van der Waals surface area contributed by atoms with E-state index < -0.39 is 10.8 Å². The van der Waals surface area contributed by atoms with Crippen LogP contribution in [0.2, 0.25) is 0 Å². The Morgan fingerprint density at radius 2 is 2.04 bits per heavy atom. The van der Waals surface area contributed by atoms with Crippen molar-refractivity contribution in [3.05, 3.63) is 57.4 Å². The van der Waals surface area contributed by atoms with Crippen LogP contribution in [0.15, 0.2) is 47.3 Å². The average molecular weight is 451 g/mol. The standard InChI is InChI=1S/C16H15BrN6O5/c1-27-16-14(23(25)26)8-21(20-16)9-15(24)19-12-6-18-22(7-12)10-28-13-4-2-11(17)3-5-13/h2-8H,9-10H2,1H3,(H,19,24). The molecule has 0 unspecified atom stereocenters. The van der Waals surface area contributed by atoms with E-state index in [0.717, 1.165) is 15.4 Å². The van der Waals surface area contributed by atoms with E-state index in [1.165, 1.54) is 18.0 Å². The van der Waals surface area contributed by atoms with Gasteiger partial charge in [-0.25, -0.2) is 4.68 Å². The maximum absolute atomic E-state index is 12.1. The molecular formula is C16H15BrN6O5. The van der Waals surface area contributed by atoms with E-state index in [1.807, 2.05) is 24.3 Å². The van der Waals surface area contributed by atoms with Crippen LogP contribution >= 0.6 is 15.9 Å². The molecule has 0 spiro atoms. The lowest BCUT2D eigenvalue weighted by Gasteiger charge is -2.06. The summed E-state index contributed by atoms with van der Waals surface area (Å²) in [5.41, 5.74) is 0.145. The maximum Gasteiger partial charge on any atom is 0.350 e. The fourth-order valence-electron chi connectivity index (χ4n) is 2.26. The van der Waals surface area contributed by atoms with E-state index >= 15 is 0 Å². The summed E-state index contributed by atoms with van der Waals surface area (Å²) in [4.78, 5) is 22.4. The summed E-state index contributed by atoms with van der Waals surface area (Å²) < 4.78 is 14.0. The molecule has 28 heavy (non-hydrogen) atoms. The number of hydrogen-bond acceptors (Lipinski definition) is 7. The van der Waals surface area contributed by atoms with E-state index in [9.17, 15) is 14.9 Å². The molecule has 3 rings (SSSR count). The first-order chi connectivity index (χ1) is 13.4. The van der Waals surface area contributed by atoms with Gasteiger partial charge in [0.25, 0.3) is 0 Å². The van der Waals surface area contributed by atoms with Crippen LogP contribution in [0.4, 0.5) is 11.4 Å². The van der Waals surface area contributed by atoms with Crippen LogP contribution in [-0.4, -0.2) is 37.5 Å². The Morgan fingerprint density at radius 1 is 1.29 bits per heavy atom. The number of rotatable bonds is 8. The zero-order valence-electron chi connectivity index (χ0n) is 14.6. The Labute approximate surface area is 167 Å². The highest BCUT2D eigenvalue weighted by atomic mass is 79.9. The lowest BCUT2D eigenvalue weighted by atomic mass is 10.3. The molecule has 0 bridgehead atoms. The van der Waals surface area contributed by atoms with E-state index in [2.05, 4.69) is 31.4 Å². The van der Waals surface area contributed by atoms with Crippen molar-refractivity contribution >= 4 is 33.2 Å². The molecule has 0 fully saturated rings. The van der Waals surface area contributed by atoms with Crippen LogP contribution in [0.1, 0.15) is 0 Å². The number of carbonyl (C=O) groups is 1. The van der Waals surface area contributed by atoms with Crippen LogP contribution in [-0.2, 0) is 18.1 Å². The Bertz CT molecular complexity index is 984. The van der Waals surface area contributed by atoms with Gasteiger partial charge in [0, 0.05) is 4.47 Å². The summed E-state index contributed by atoms with van der Waals surface area (Å²) >= 11 is 3.35. The van der Waals surface area contributed by atoms with Crippen molar-refractivity contribution in [2.75, 3.05) is 12.4 Å². The lowest BCUT2D eigenvalue weighted by Crippen LogP contribution is -2.18. The third kappa shape index (κ3) is 4.85. The van der Waals surface area contributed by atoms with Crippen molar-refractivity contribution in [2.45, 2.75) is 13.3 Å². The first kappa shape index (κ1) is 19.4. The molecular weight excluding hydrogens is 436 g/mol. The topological polar surface area (TPSA) is 126 Å². The largest absolute Gasteiger partial charge is 0.475 e. The number of amides is 1. The second kappa shape index (κ2) is 8.52. The Kier molecular flexibility index (Phi) is 5.89. The summed E-state index contributed by atoms with van der Waals surface area (Å²) in [6, 6.07) is 7.35. The van der Waals surface area contributed by atoms with E-state index in [-0.39, 0.29) is 24.8 Å². The molecule has 11 nitrogen and oxygen atoms in total. The SMILES string of the molecule is COc1nn(CC(=O)Nc2cnn(COc3ccc(Br)cc3)c2)cc1[N+](=O)[O-]. The molecule has 1 aromatic carbocycles. The van der Waals surface area contributed by atoms with E-state index in [4.69, 9.17) is 9.47 Å². The number of hydrogen-bond donors (Lipinski definition) is 1. The van der Waals surface area contributed by atoms with Crippen LogP contribution in [0.3, 0.4) is 0 Å². The minimum atomic E-state index is -0.629. The van der Waals surface area contributed by atoms with Crippen LogP contribution in [0.25, 0.3) is 0 Å². The van der Waals surface area contributed by atoms with Crippen molar-refractivity contribution < 1.29 is 19.2 Å². The Balaban J connectivity index is 1.55. The van der Waals surface area contributed by atoms with Crippen molar-refractivity contribution in [3.8, 4) is 11.6 Å². The molecule has 2 aromatic heterocycles. The molecule has 1 N–H and O–H groups in total. The molecule has 0 atom stereocenters. The minimum absolute atomic E-state index is 0.157. The molecule has 12 heteroatoms. The molecule has 0 aliphatic rings. The summed E-state index contributed by atoms with van der Waals surface area (Å²) in [7, 11) is 1.27. The number of nitro groups is 1. The van der Waals surface area contributed by atoms with Crippen LogP contribution < -0.4 is 14.8 Å². The number of aromatic nitrogens is 4. The predicted octanol–water partition coefficient (Wildman–Crippen LogP) is 2.43. The predicted molar refractivity (Wildman–Crippen MR) is 101 cm³/mol. The fraction of sp³-hybridized carbons (Fsp3) is 0.188. The quantitative estimate of drug-likeness (QED) is 0.412. The van der Waals surface area contributed by atoms with Gasteiger partial charge in [-0.3, -0.25) is 19.6 Å². The molecule has 146 valence electrons. The monoisotopic (exact) mass is 450 g/mol. The van der Waals surface area contributed by atoms with Crippen LogP contribution in [0.5, 0.6) is 11.6 Å². The summed E-state index contributed by atoms with van der Waals surface area (Å²) in [6.45, 7) is -0.0508. The first-order valence-electron chi connectivity index (χ1n) is 7.91. The Hall–Kier alpha value is -3.41. The highest BCUT2D eigenvalue weighted by molar-refractivity contribution is 9.10. The second-order valence-corrected chi connectivity index (χ2v) is 6.44. The highest BCUT2D eigenvalue weighted by Gasteiger charge is 2.21. The van der Waals surface area contributed by atoms with Gasteiger partial charge in [-0.15, -0.1) is 5.10 Å². The highest BCUT2D eigenvalue weighted by Crippen LogP contribution is 2.23. The fourth-order valence-corrected chi connectivity index (χ4v) is 2.53. The number of methoxy groups -OCH3 is 1. The van der Waals surface area contributed by atoms with Gasteiger partial charge in [-0.2, -0.15) is 5.10 Å². The van der Waals surface area contributed by atoms with Gasteiger partial charge in [-0.05, 0) is 24.3 Å². The summed E-state index contributed by atoms with van der Waals surface area (Å²) in [5, 5.41) is 21.5. The van der Waals surface area contributed by atoms with Crippen molar-refractivity contribution in [1.82, 2.24) is 19.6 Å². The first-order valence-corrected chi connectivity index (χ1v) is 8.70. The van der Waals surface area contributed by atoms with Gasteiger partial charge < -0.3 is 14.8 Å². The number of nitrogens with zero attached hydrogens (tertiary/aromatic N) is 5. The van der Waals surface area contributed by atoms with Gasteiger partial charge in [-0.1, -0.05) is 15.9 Å². The van der Waals surface area contributed by atoms with Gasteiger partial charge in [0.2, 0.25) is 5.91 Å². The number of anilines is 1. The smallest absolute Gasteiger partial charge is 0.350 e. The minimum Gasteiger partial charge on any atom is -0.475 e. The molecule has 3 aromatic rings. The third-order valence-electron chi connectivity index (χ3n) is 3.50. The molecule has 0 aliphatic heterocycles. The maximum atomic E-state index is 12.1. The van der Waals surface area contributed by atoms with Crippen molar-refractivity contribution in [3.63, 3.8) is 0 Å². The normalized spacial score (nSPS) is 10.5. The van der Waals surface area contributed by atoms with E-state index in [1.54, 1.807) is 6.20 Å². The van der Waals surface area contributed by atoms with Gasteiger partial charge in [0.05, 0.1) is 30.1 Å². The van der Waals surface area contributed by atoms with Crippen molar-refractivity contribution in [1.29, 1.82) is 0 Å². The van der Waals surface area contributed by atoms with E-state index in [0.29, 0.717) is 11.4 Å². The number of nitrogens with one attached hydrogen (secondary N) is 1. The molecule has 0 saturated heterocycles. The lowest BCUT2D eigenvalue weighted by molar-refractivity contribution is -0.385. The zero-order chi connectivity index (χ0) is 20.1. The summed E-state index contributed by atoms with van der Waals surface area (Å²) in [6.07, 6.45) is 4.20. The molecule has 0 aliphatic carbocycles. The average Bonchev–Trinajstić information content (AvgIpc) is 3.28. The van der Waals surface area contributed by atoms with Crippen molar-refractivity contribution in [2.24, 2.45) is 0 Å².